The van der Waals surface area contributed by atoms with Crippen molar-refractivity contribution < 1.29 is 18.1 Å². The molecule has 0 heterocycles. The van der Waals surface area contributed by atoms with Crippen molar-refractivity contribution in [2.45, 2.75) is 13.1 Å². The molecule has 0 bridgehead atoms. The molecule has 18 heavy (non-hydrogen) atoms. The minimum absolute atomic E-state index is 0.0391. The van der Waals surface area contributed by atoms with Crippen molar-refractivity contribution in [3.05, 3.63) is 33.9 Å². The molecule has 0 radical (unpaired) electrons. The first-order chi connectivity index (χ1) is 8.36. The summed E-state index contributed by atoms with van der Waals surface area (Å²) in [5.74, 6) is 5.07. The molecule has 1 aromatic rings. The number of rotatable bonds is 3. The van der Waals surface area contributed by atoms with E-state index >= 15 is 0 Å². The second-order valence-corrected chi connectivity index (χ2v) is 3.27. The van der Waals surface area contributed by atoms with Gasteiger partial charge in [-0.1, -0.05) is 5.92 Å². The molecular formula is C11H9F3N2O2. The first-order valence-electron chi connectivity index (χ1n) is 4.85. The molecule has 0 aromatic heterocycles. The fraction of sp³-hybridized carbons (Fsp3) is 0.273. The Hall–Kier alpha value is -2.23. The molecule has 1 aromatic carbocycles. The number of nitro groups is 1. The second-order valence-electron chi connectivity index (χ2n) is 3.27. The summed E-state index contributed by atoms with van der Waals surface area (Å²) < 4.78 is 38.1. The lowest BCUT2D eigenvalue weighted by atomic mass is 10.1. The van der Waals surface area contributed by atoms with Gasteiger partial charge in [-0.2, -0.15) is 13.2 Å². The van der Waals surface area contributed by atoms with Crippen LogP contribution in [-0.4, -0.2) is 11.5 Å². The lowest BCUT2D eigenvalue weighted by Crippen LogP contribution is -2.11. The molecule has 0 unspecified atom stereocenters. The largest absolute Gasteiger partial charge is 0.418 e. The second kappa shape index (κ2) is 5.40. The van der Waals surface area contributed by atoms with Gasteiger partial charge in [-0.3, -0.25) is 10.1 Å². The summed E-state index contributed by atoms with van der Waals surface area (Å²) in [6.07, 6.45) is -4.66. The first-order valence-corrected chi connectivity index (χ1v) is 4.85. The van der Waals surface area contributed by atoms with E-state index in [2.05, 4.69) is 17.2 Å². The Morgan fingerprint density at radius 3 is 2.61 bits per heavy atom. The van der Waals surface area contributed by atoms with Gasteiger partial charge in [0.2, 0.25) is 0 Å². The van der Waals surface area contributed by atoms with Crippen LogP contribution >= 0.6 is 0 Å². The Bertz CT molecular complexity index is 515. The molecule has 1 N–H and O–H groups in total. The maximum atomic E-state index is 12.7. The Morgan fingerprint density at radius 1 is 1.44 bits per heavy atom. The molecule has 0 saturated heterocycles. The van der Waals surface area contributed by atoms with E-state index in [0.717, 1.165) is 12.1 Å². The van der Waals surface area contributed by atoms with Crippen molar-refractivity contribution in [2.24, 2.45) is 0 Å². The summed E-state index contributed by atoms with van der Waals surface area (Å²) in [5, 5.41) is 12.9. The molecule has 1 rings (SSSR count). The highest BCUT2D eigenvalue weighted by Gasteiger charge is 2.35. The van der Waals surface area contributed by atoms with E-state index in [1.165, 1.54) is 0 Å². The minimum atomic E-state index is -4.66. The van der Waals surface area contributed by atoms with Crippen LogP contribution in [-0.2, 0) is 6.18 Å². The van der Waals surface area contributed by atoms with Crippen LogP contribution in [0.25, 0.3) is 0 Å². The Kier molecular flexibility index (Phi) is 4.15. The molecule has 0 spiro atoms. The summed E-state index contributed by atoms with van der Waals surface area (Å²) in [6, 6.07) is 2.54. The quantitative estimate of drug-likeness (QED) is 0.515. The van der Waals surface area contributed by atoms with Gasteiger partial charge in [-0.05, 0) is 13.0 Å². The molecule has 0 aliphatic rings. The van der Waals surface area contributed by atoms with E-state index in [0.29, 0.717) is 6.07 Å². The van der Waals surface area contributed by atoms with Gasteiger partial charge in [0.05, 0.1) is 17.0 Å². The molecule has 7 heteroatoms. The molecular weight excluding hydrogens is 249 g/mol. The number of anilines is 1. The van der Waals surface area contributed by atoms with E-state index in [4.69, 9.17) is 0 Å². The van der Waals surface area contributed by atoms with E-state index in [1.54, 1.807) is 6.92 Å². The number of hydrogen-bond donors (Lipinski definition) is 1. The molecule has 0 aliphatic carbocycles. The molecule has 0 fully saturated rings. The maximum absolute atomic E-state index is 12.7. The summed E-state index contributed by atoms with van der Waals surface area (Å²) in [6.45, 7) is 1.60. The van der Waals surface area contributed by atoms with E-state index in [9.17, 15) is 23.3 Å². The van der Waals surface area contributed by atoms with Crippen LogP contribution in [0.15, 0.2) is 18.2 Å². The van der Waals surface area contributed by atoms with E-state index < -0.39 is 22.4 Å². The number of halogens is 3. The van der Waals surface area contributed by atoms with Crippen LogP contribution in [0.4, 0.5) is 24.5 Å². The third-order valence-electron chi connectivity index (χ3n) is 2.06. The smallest absolute Gasteiger partial charge is 0.374 e. The van der Waals surface area contributed by atoms with Crippen molar-refractivity contribution >= 4 is 11.4 Å². The predicted octanol–water partition coefficient (Wildman–Crippen LogP) is 3.05. The molecule has 0 atom stereocenters. The van der Waals surface area contributed by atoms with Gasteiger partial charge in [-0.25, -0.2) is 0 Å². The highest BCUT2D eigenvalue weighted by atomic mass is 19.4. The zero-order valence-corrected chi connectivity index (χ0v) is 9.34. The van der Waals surface area contributed by atoms with Crippen LogP contribution in [0.2, 0.25) is 0 Å². The monoisotopic (exact) mass is 258 g/mol. The van der Waals surface area contributed by atoms with Crippen LogP contribution in [0, 0.1) is 22.0 Å². The average molecular weight is 258 g/mol. The Morgan fingerprint density at radius 2 is 2.11 bits per heavy atom. The summed E-state index contributed by atoms with van der Waals surface area (Å²) in [7, 11) is 0. The maximum Gasteiger partial charge on any atom is 0.418 e. The standard InChI is InChI=1S/C11H9F3N2O2/c1-2-3-6-15-10-5-4-8(16(17)18)7-9(10)11(12,13)14/h4-5,7,15H,6H2,1H3. The Balaban J connectivity index is 3.16. The number of hydrogen-bond acceptors (Lipinski definition) is 3. The Labute approximate surface area is 101 Å². The molecule has 4 nitrogen and oxygen atoms in total. The van der Waals surface area contributed by atoms with Crippen molar-refractivity contribution in [3.8, 4) is 11.8 Å². The lowest BCUT2D eigenvalue weighted by molar-refractivity contribution is -0.385. The summed E-state index contributed by atoms with van der Waals surface area (Å²) in [5.41, 5.74) is -1.90. The topological polar surface area (TPSA) is 55.2 Å². The van der Waals surface area contributed by atoms with Crippen LogP contribution < -0.4 is 5.32 Å². The van der Waals surface area contributed by atoms with E-state index in [1.807, 2.05) is 0 Å². The van der Waals surface area contributed by atoms with Gasteiger partial charge in [0.25, 0.3) is 5.69 Å². The lowest BCUT2D eigenvalue weighted by Gasteiger charge is -2.12. The number of benzene rings is 1. The number of alkyl halides is 3. The zero-order chi connectivity index (χ0) is 13.8. The van der Waals surface area contributed by atoms with Crippen LogP contribution in [0.3, 0.4) is 0 Å². The fourth-order valence-electron chi connectivity index (χ4n) is 1.26. The number of nitrogens with zero attached hydrogens (tertiary/aromatic N) is 1. The van der Waals surface area contributed by atoms with Crippen LogP contribution in [0.1, 0.15) is 12.5 Å². The highest BCUT2D eigenvalue weighted by molar-refractivity contribution is 5.57. The number of nitrogens with one attached hydrogen (secondary N) is 1. The van der Waals surface area contributed by atoms with Gasteiger partial charge >= 0.3 is 6.18 Å². The molecule has 0 saturated carbocycles. The molecule has 96 valence electrons. The first kappa shape index (κ1) is 13.8. The fourth-order valence-corrected chi connectivity index (χ4v) is 1.26. The minimum Gasteiger partial charge on any atom is -0.374 e. The zero-order valence-electron chi connectivity index (χ0n) is 9.34. The van der Waals surface area contributed by atoms with Gasteiger partial charge in [0.15, 0.2) is 0 Å². The van der Waals surface area contributed by atoms with Gasteiger partial charge < -0.3 is 5.32 Å². The summed E-state index contributed by atoms with van der Waals surface area (Å²) in [4.78, 5) is 9.58. The normalized spacial score (nSPS) is 10.4. The van der Waals surface area contributed by atoms with Crippen molar-refractivity contribution in [3.63, 3.8) is 0 Å². The van der Waals surface area contributed by atoms with Crippen LogP contribution in [0.5, 0.6) is 0 Å². The SMILES string of the molecule is CC#CCNc1ccc([N+](=O)[O-])cc1C(F)(F)F. The number of nitro benzene ring substituents is 1. The third-order valence-corrected chi connectivity index (χ3v) is 2.06. The van der Waals surface area contributed by atoms with Gasteiger partial charge in [-0.15, -0.1) is 5.92 Å². The predicted molar refractivity (Wildman–Crippen MR) is 60.0 cm³/mol. The van der Waals surface area contributed by atoms with Gasteiger partial charge in [0, 0.05) is 17.8 Å². The van der Waals surface area contributed by atoms with E-state index in [-0.39, 0.29) is 12.2 Å². The highest BCUT2D eigenvalue weighted by Crippen LogP contribution is 2.36. The molecule has 0 amide bonds. The third kappa shape index (κ3) is 3.38. The van der Waals surface area contributed by atoms with Crippen molar-refractivity contribution in [2.75, 3.05) is 11.9 Å². The van der Waals surface area contributed by atoms with Crippen molar-refractivity contribution in [1.82, 2.24) is 0 Å². The average Bonchev–Trinajstić information content (AvgIpc) is 2.28. The van der Waals surface area contributed by atoms with Gasteiger partial charge in [0.1, 0.15) is 0 Å². The number of non-ortho nitro benzene ring substituents is 1. The molecule has 0 aliphatic heterocycles. The van der Waals surface area contributed by atoms with Crippen molar-refractivity contribution in [1.29, 1.82) is 0 Å². The summed E-state index contributed by atoms with van der Waals surface area (Å²) >= 11 is 0.